The van der Waals surface area contributed by atoms with Crippen LogP contribution in [-0.2, 0) is 9.53 Å². The molecule has 4 heteroatoms. The number of carbonyl (C=O) groups excluding carboxylic acids is 1. The Bertz CT molecular complexity index is 215. The molecule has 2 rings (SSSR count). The summed E-state index contributed by atoms with van der Waals surface area (Å²) >= 11 is 0. The fraction of sp³-hybridized carbons (Fsp3) is 0.909. The van der Waals surface area contributed by atoms with Crippen LogP contribution in [0.3, 0.4) is 0 Å². The van der Waals surface area contributed by atoms with E-state index in [-0.39, 0.29) is 5.97 Å². The third-order valence-corrected chi connectivity index (χ3v) is 3.32. The molecule has 86 valence electrons. The van der Waals surface area contributed by atoms with E-state index in [1.807, 2.05) is 0 Å². The van der Waals surface area contributed by atoms with Crippen LogP contribution in [0.15, 0.2) is 0 Å². The van der Waals surface area contributed by atoms with E-state index in [0.717, 1.165) is 25.6 Å². The molecule has 0 spiro atoms. The molecule has 0 radical (unpaired) electrons. The Kier molecular flexibility index (Phi) is 3.97. The van der Waals surface area contributed by atoms with Crippen molar-refractivity contribution >= 4 is 5.97 Å². The summed E-state index contributed by atoms with van der Waals surface area (Å²) in [6.07, 6.45) is 3.12. The maximum absolute atomic E-state index is 11.0. The lowest BCUT2D eigenvalue weighted by atomic mass is 10.0. The van der Waals surface area contributed by atoms with Gasteiger partial charge in [-0.1, -0.05) is 0 Å². The molecule has 0 saturated carbocycles. The molecule has 0 aromatic rings. The zero-order chi connectivity index (χ0) is 10.5. The van der Waals surface area contributed by atoms with Gasteiger partial charge in [0, 0.05) is 13.1 Å². The average Bonchev–Trinajstić information content (AvgIpc) is 2.66. The molecule has 1 atom stereocenters. The normalized spacial score (nSPS) is 28.8. The molecule has 0 aromatic heterocycles. The predicted octanol–water partition coefficient (Wildman–Crippen LogP) is 0.235. The Hall–Kier alpha value is -0.610. The highest BCUT2D eigenvalue weighted by Gasteiger charge is 2.18. The van der Waals surface area contributed by atoms with E-state index in [2.05, 4.69) is 10.2 Å². The largest absolute Gasteiger partial charge is 0.464 e. The summed E-state index contributed by atoms with van der Waals surface area (Å²) < 4.78 is 5.01. The molecular formula is C11H20N2O2. The molecule has 1 unspecified atom stereocenters. The lowest BCUT2D eigenvalue weighted by Crippen LogP contribution is -2.29. The smallest absolute Gasteiger partial charge is 0.307 e. The van der Waals surface area contributed by atoms with Gasteiger partial charge < -0.3 is 10.1 Å². The molecule has 2 saturated heterocycles. The maximum atomic E-state index is 11.0. The first-order valence-electron chi connectivity index (χ1n) is 5.93. The topological polar surface area (TPSA) is 41.6 Å². The van der Waals surface area contributed by atoms with Crippen LogP contribution in [0, 0.1) is 5.92 Å². The minimum absolute atomic E-state index is 0.0416. The number of nitrogens with one attached hydrogen (secondary N) is 1. The quantitative estimate of drug-likeness (QED) is 0.680. The number of nitrogens with zero attached hydrogens (tertiary/aromatic N) is 1. The third kappa shape index (κ3) is 3.47. The minimum Gasteiger partial charge on any atom is -0.464 e. The van der Waals surface area contributed by atoms with Crippen LogP contribution in [0.1, 0.15) is 19.3 Å². The molecule has 0 bridgehead atoms. The highest BCUT2D eigenvalue weighted by Crippen LogP contribution is 2.13. The van der Waals surface area contributed by atoms with Gasteiger partial charge in [0.05, 0.1) is 6.42 Å². The highest BCUT2D eigenvalue weighted by molar-refractivity contribution is 5.69. The second-order valence-corrected chi connectivity index (χ2v) is 4.46. The second-order valence-electron chi connectivity index (χ2n) is 4.46. The molecule has 0 aliphatic carbocycles. The number of carbonyl (C=O) groups is 1. The van der Waals surface area contributed by atoms with E-state index >= 15 is 0 Å². The van der Waals surface area contributed by atoms with Crippen LogP contribution >= 0.6 is 0 Å². The number of hydrogen-bond donors (Lipinski definition) is 1. The van der Waals surface area contributed by atoms with Gasteiger partial charge in [-0.25, -0.2) is 0 Å². The molecule has 0 aromatic carbocycles. The first kappa shape index (κ1) is 10.9. The number of hydrogen-bond acceptors (Lipinski definition) is 4. The van der Waals surface area contributed by atoms with Crippen LogP contribution in [0.2, 0.25) is 0 Å². The van der Waals surface area contributed by atoms with E-state index in [1.165, 1.54) is 25.9 Å². The van der Waals surface area contributed by atoms with Gasteiger partial charge in [0.1, 0.15) is 6.61 Å². The number of cyclic esters (lactones) is 1. The number of ether oxygens (including phenoxy) is 1. The van der Waals surface area contributed by atoms with Crippen molar-refractivity contribution in [1.82, 2.24) is 10.2 Å². The average molecular weight is 212 g/mol. The van der Waals surface area contributed by atoms with Gasteiger partial charge in [0.25, 0.3) is 0 Å². The van der Waals surface area contributed by atoms with E-state index in [1.54, 1.807) is 0 Å². The van der Waals surface area contributed by atoms with Gasteiger partial charge in [0.15, 0.2) is 0 Å². The van der Waals surface area contributed by atoms with Crippen molar-refractivity contribution in [3.8, 4) is 0 Å². The molecule has 1 N–H and O–H groups in total. The number of esters is 1. The lowest BCUT2D eigenvalue weighted by molar-refractivity contribution is -0.142. The molecule has 4 nitrogen and oxygen atoms in total. The Labute approximate surface area is 91.0 Å². The summed E-state index contributed by atoms with van der Waals surface area (Å²) in [6.45, 7) is 5.81. The molecule has 2 heterocycles. The van der Waals surface area contributed by atoms with Crippen molar-refractivity contribution < 1.29 is 9.53 Å². The maximum Gasteiger partial charge on any atom is 0.307 e. The summed E-state index contributed by atoms with van der Waals surface area (Å²) in [5.74, 6) is 0.796. The zero-order valence-corrected chi connectivity index (χ0v) is 9.21. The van der Waals surface area contributed by atoms with Gasteiger partial charge >= 0.3 is 5.97 Å². The standard InChI is InChI=1S/C11H20N2O2/c14-11-3-6-13(7-8-15-11)5-2-10-1-4-12-9-10/h10,12H,1-9H2. The monoisotopic (exact) mass is 212 g/mol. The van der Waals surface area contributed by atoms with E-state index in [0.29, 0.717) is 13.0 Å². The van der Waals surface area contributed by atoms with Crippen molar-refractivity contribution in [2.24, 2.45) is 5.92 Å². The number of rotatable bonds is 3. The van der Waals surface area contributed by atoms with E-state index in [4.69, 9.17) is 4.74 Å². The van der Waals surface area contributed by atoms with Gasteiger partial charge in [-0.3, -0.25) is 9.69 Å². The first-order valence-corrected chi connectivity index (χ1v) is 5.93. The summed E-state index contributed by atoms with van der Waals surface area (Å²) in [4.78, 5) is 13.4. The molecule has 2 fully saturated rings. The van der Waals surface area contributed by atoms with Crippen molar-refractivity contribution in [2.75, 3.05) is 39.3 Å². The van der Waals surface area contributed by atoms with Crippen LogP contribution in [0.5, 0.6) is 0 Å². The van der Waals surface area contributed by atoms with Crippen molar-refractivity contribution in [2.45, 2.75) is 19.3 Å². The Morgan fingerprint density at radius 1 is 1.47 bits per heavy atom. The van der Waals surface area contributed by atoms with E-state index in [9.17, 15) is 4.79 Å². The Morgan fingerprint density at radius 3 is 3.20 bits per heavy atom. The minimum atomic E-state index is -0.0416. The lowest BCUT2D eigenvalue weighted by Gasteiger charge is -2.20. The summed E-state index contributed by atoms with van der Waals surface area (Å²) in [6, 6.07) is 0. The van der Waals surface area contributed by atoms with Crippen molar-refractivity contribution in [3.05, 3.63) is 0 Å². The fourth-order valence-electron chi connectivity index (χ4n) is 2.27. The van der Waals surface area contributed by atoms with Gasteiger partial charge in [0.2, 0.25) is 0 Å². The van der Waals surface area contributed by atoms with E-state index < -0.39 is 0 Å². The molecule has 15 heavy (non-hydrogen) atoms. The van der Waals surface area contributed by atoms with Crippen LogP contribution in [0.4, 0.5) is 0 Å². The summed E-state index contributed by atoms with van der Waals surface area (Å²) in [7, 11) is 0. The van der Waals surface area contributed by atoms with Crippen LogP contribution < -0.4 is 5.32 Å². The van der Waals surface area contributed by atoms with Crippen LogP contribution in [0.25, 0.3) is 0 Å². The highest BCUT2D eigenvalue weighted by atomic mass is 16.5. The molecular weight excluding hydrogens is 192 g/mol. The van der Waals surface area contributed by atoms with Crippen molar-refractivity contribution in [1.29, 1.82) is 0 Å². The molecule has 2 aliphatic heterocycles. The van der Waals surface area contributed by atoms with Gasteiger partial charge in [-0.2, -0.15) is 0 Å². The summed E-state index contributed by atoms with van der Waals surface area (Å²) in [5.41, 5.74) is 0. The third-order valence-electron chi connectivity index (χ3n) is 3.32. The fourth-order valence-corrected chi connectivity index (χ4v) is 2.27. The predicted molar refractivity (Wildman–Crippen MR) is 57.6 cm³/mol. The first-order chi connectivity index (χ1) is 7.34. The summed E-state index contributed by atoms with van der Waals surface area (Å²) in [5, 5.41) is 3.38. The van der Waals surface area contributed by atoms with Gasteiger partial charge in [-0.15, -0.1) is 0 Å². The van der Waals surface area contributed by atoms with Crippen LogP contribution in [-0.4, -0.2) is 50.2 Å². The van der Waals surface area contributed by atoms with Crippen molar-refractivity contribution in [3.63, 3.8) is 0 Å². The zero-order valence-electron chi connectivity index (χ0n) is 9.21. The second kappa shape index (κ2) is 5.47. The Morgan fingerprint density at radius 2 is 2.40 bits per heavy atom. The SMILES string of the molecule is O=C1CCN(CCC2CCNC2)CCO1. The Balaban J connectivity index is 1.67. The molecule has 2 aliphatic rings. The molecule has 0 amide bonds. The van der Waals surface area contributed by atoms with Gasteiger partial charge in [-0.05, 0) is 38.4 Å².